The Bertz CT molecular complexity index is 927. The van der Waals surface area contributed by atoms with Crippen molar-refractivity contribution in [2.24, 2.45) is 22.7 Å². The Labute approximate surface area is 172 Å². The number of rotatable bonds is 3. The fourth-order valence-corrected chi connectivity index (χ4v) is 5.03. The molecule has 0 aromatic heterocycles. The first-order valence-electron chi connectivity index (χ1n) is 9.15. The van der Waals surface area contributed by atoms with Gasteiger partial charge in [0.05, 0.1) is 16.0 Å². The molecule has 0 bridgehead atoms. The highest BCUT2D eigenvalue weighted by Gasteiger charge is 2.54. The molecule has 3 aliphatic rings. The van der Waals surface area contributed by atoms with E-state index < -0.39 is 23.5 Å². The van der Waals surface area contributed by atoms with Gasteiger partial charge in [0.1, 0.15) is 5.84 Å². The van der Waals surface area contributed by atoms with E-state index in [1.807, 2.05) is 11.0 Å². The third-order valence-corrected chi connectivity index (χ3v) is 6.53. The van der Waals surface area contributed by atoms with Crippen LogP contribution in [0.15, 0.2) is 34.2 Å². The number of aliphatic imine (C=N–C) groups is 1. The van der Waals surface area contributed by atoms with Gasteiger partial charge in [-0.25, -0.2) is 0 Å². The number of amidine groups is 1. The Kier molecular flexibility index (Phi) is 5.16. The first-order valence-corrected chi connectivity index (χ1v) is 9.96. The van der Waals surface area contributed by atoms with Crippen LogP contribution in [0.5, 0.6) is 0 Å². The molecule has 162 valence electrons. The van der Waals surface area contributed by atoms with E-state index in [2.05, 4.69) is 10.3 Å². The molecule has 0 radical (unpaired) electrons. The lowest BCUT2D eigenvalue weighted by molar-refractivity contribution is -0.143. The zero-order valence-electron chi connectivity index (χ0n) is 15.6. The van der Waals surface area contributed by atoms with Crippen LogP contribution in [0.25, 0.3) is 0 Å². The van der Waals surface area contributed by atoms with Crippen LogP contribution >= 0.6 is 11.8 Å². The second-order valence-corrected chi connectivity index (χ2v) is 8.60. The number of amides is 1. The highest BCUT2D eigenvalue weighted by atomic mass is 32.2. The predicted molar refractivity (Wildman–Crippen MR) is 99.8 cm³/mol. The molecule has 2 aliphatic heterocycles. The smallest absolute Gasteiger partial charge is 0.300 e. The summed E-state index contributed by atoms with van der Waals surface area (Å²) in [4.78, 5) is 18.1. The quantitative estimate of drug-likeness (QED) is 0.677. The Morgan fingerprint density at radius 3 is 2.40 bits per heavy atom. The van der Waals surface area contributed by atoms with Crippen molar-refractivity contribution in [3.8, 4) is 0 Å². The maximum absolute atomic E-state index is 13.3. The molecule has 0 spiro atoms. The zero-order valence-corrected chi connectivity index (χ0v) is 16.5. The Hall–Kier alpha value is -2.01. The average molecular weight is 449 g/mol. The summed E-state index contributed by atoms with van der Waals surface area (Å²) in [5.74, 6) is 1.26. The van der Waals surface area contributed by atoms with Crippen molar-refractivity contribution in [2.75, 3.05) is 20.1 Å². The molecule has 2 saturated heterocycles. The molecular formula is C19H17F6N3OS. The number of allylic oxidation sites excluding steroid dienone is 1. The minimum Gasteiger partial charge on any atom is -0.300 e. The molecule has 1 aromatic rings. The van der Waals surface area contributed by atoms with Crippen molar-refractivity contribution in [3.05, 3.63) is 45.9 Å². The van der Waals surface area contributed by atoms with E-state index >= 15 is 0 Å². The fraction of sp³-hybridized carbons (Fsp3) is 0.474. The predicted octanol–water partition coefficient (Wildman–Crippen LogP) is 4.77. The molecule has 2 heterocycles. The van der Waals surface area contributed by atoms with Crippen molar-refractivity contribution < 1.29 is 31.1 Å². The number of benzene rings is 1. The van der Waals surface area contributed by atoms with Gasteiger partial charge >= 0.3 is 12.4 Å². The van der Waals surface area contributed by atoms with E-state index in [1.54, 1.807) is 7.05 Å². The fourth-order valence-electron chi connectivity index (χ4n) is 4.22. The number of piperidine rings is 1. The maximum Gasteiger partial charge on any atom is 0.416 e. The highest BCUT2D eigenvalue weighted by molar-refractivity contribution is 8.18. The lowest BCUT2D eigenvalue weighted by atomic mass is 10.0. The van der Waals surface area contributed by atoms with E-state index in [-0.39, 0.29) is 41.2 Å². The van der Waals surface area contributed by atoms with Gasteiger partial charge in [0.15, 0.2) is 0 Å². The lowest BCUT2D eigenvalue weighted by Gasteiger charge is -2.22. The number of likely N-dealkylation sites (tertiary alicyclic amines) is 1. The summed E-state index contributed by atoms with van der Waals surface area (Å²) >= 11 is 1.07. The second kappa shape index (κ2) is 7.30. The topological polar surface area (TPSA) is 44.7 Å². The van der Waals surface area contributed by atoms with Crippen molar-refractivity contribution >= 4 is 22.8 Å². The first kappa shape index (κ1) is 21.2. The summed E-state index contributed by atoms with van der Waals surface area (Å²) < 4.78 is 78.4. The van der Waals surface area contributed by atoms with Crippen molar-refractivity contribution in [2.45, 2.75) is 18.9 Å². The number of hydrogen-bond acceptors (Lipinski definition) is 4. The average Bonchev–Trinajstić information content (AvgIpc) is 2.97. The van der Waals surface area contributed by atoms with E-state index in [1.165, 1.54) is 0 Å². The van der Waals surface area contributed by atoms with Gasteiger partial charge < -0.3 is 5.32 Å². The number of carbonyl (C=O) groups is 1. The number of hydrogen-bond donors (Lipinski definition) is 1. The molecule has 3 fully saturated rings. The van der Waals surface area contributed by atoms with Gasteiger partial charge in [0.2, 0.25) is 0 Å². The maximum atomic E-state index is 13.3. The van der Waals surface area contributed by atoms with Gasteiger partial charge in [-0.3, -0.25) is 14.7 Å². The summed E-state index contributed by atoms with van der Waals surface area (Å²) in [5, 5.41) is 2.44. The molecule has 11 heteroatoms. The molecule has 4 nitrogen and oxygen atoms in total. The van der Waals surface area contributed by atoms with E-state index in [0.29, 0.717) is 25.0 Å². The molecule has 30 heavy (non-hydrogen) atoms. The summed E-state index contributed by atoms with van der Waals surface area (Å²) in [7, 11) is 1.58. The van der Waals surface area contributed by atoms with Crippen molar-refractivity contribution in [1.29, 1.82) is 0 Å². The molecule has 1 unspecified atom stereocenters. The van der Waals surface area contributed by atoms with Crippen LogP contribution in [0.2, 0.25) is 0 Å². The first-order chi connectivity index (χ1) is 14.0. The third kappa shape index (κ3) is 4.09. The molecule has 1 aromatic carbocycles. The SMILES string of the molecule is CN=C1NC(=O)S/C1=C\C1[C@H]2CN(Cc3ccc(C(F)(F)F)cc3C(F)(F)F)C[C@@H]12. The number of thioether (sulfide) groups is 1. The summed E-state index contributed by atoms with van der Waals surface area (Å²) in [5.41, 5.74) is -2.71. The summed E-state index contributed by atoms with van der Waals surface area (Å²) in [6, 6.07) is 1.80. The van der Waals surface area contributed by atoms with E-state index in [4.69, 9.17) is 0 Å². The minimum absolute atomic E-state index is 0.0558. The molecular weight excluding hydrogens is 432 g/mol. The van der Waals surface area contributed by atoms with Crippen LogP contribution in [-0.2, 0) is 18.9 Å². The Morgan fingerprint density at radius 2 is 1.83 bits per heavy atom. The normalized spacial score (nSPS) is 29.6. The van der Waals surface area contributed by atoms with Crippen LogP contribution in [-0.4, -0.2) is 36.1 Å². The molecule has 1 N–H and O–H groups in total. The molecule has 1 aliphatic carbocycles. The number of halogens is 6. The van der Waals surface area contributed by atoms with Gasteiger partial charge in [-0.05, 0) is 47.2 Å². The van der Waals surface area contributed by atoms with Crippen molar-refractivity contribution in [3.63, 3.8) is 0 Å². The van der Waals surface area contributed by atoms with Crippen molar-refractivity contribution in [1.82, 2.24) is 10.2 Å². The van der Waals surface area contributed by atoms with Gasteiger partial charge in [-0.15, -0.1) is 0 Å². The van der Waals surface area contributed by atoms with Gasteiger partial charge in [0.25, 0.3) is 5.24 Å². The molecule has 3 atom stereocenters. The Morgan fingerprint density at radius 1 is 1.17 bits per heavy atom. The summed E-state index contributed by atoms with van der Waals surface area (Å²) in [6.07, 6.45) is -7.71. The lowest BCUT2D eigenvalue weighted by Crippen LogP contribution is -2.26. The standard InChI is InChI=1S/C19H17F6N3OS/c1-26-16-15(30-17(29)27-16)5-11-12-7-28(8-13(11)12)6-9-2-3-10(18(20,21)22)4-14(9)19(23,24)25/h2-5,11-13H,6-8H2,1H3,(H,26,27,29)/b15-5-/t11?,12-,13+. The molecule has 1 amide bonds. The third-order valence-electron chi connectivity index (χ3n) is 5.70. The monoisotopic (exact) mass is 449 g/mol. The number of fused-ring (bicyclic) bond motifs is 1. The largest absolute Gasteiger partial charge is 0.416 e. The van der Waals surface area contributed by atoms with E-state index in [9.17, 15) is 31.1 Å². The van der Waals surface area contributed by atoms with Gasteiger partial charge in [-0.1, -0.05) is 12.1 Å². The highest BCUT2D eigenvalue weighted by Crippen LogP contribution is 2.54. The van der Waals surface area contributed by atoms with Crippen LogP contribution in [0.1, 0.15) is 16.7 Å². The van der Waals surface area contributed by atoms with Crippen LogP contribution in [0.3, 0.4) is 0 Å². The second-order valence-electron chi connectivity index (χ2n) is 7.58. The van der Waals surface area contributed by atoms with Crippen LogP contribution < -0.4 is 5.32 Å². The molecule has 4 rings (SSSR count). The minimum atomic E-state index is -4.86. The number of nitrogens with zero attached hydrogens (tertiary/aromatic N) is 2. The van der Waals surface area contributed by atoms with Crippen LogP contribution in [0, 0.1) is 17.8 Å². The molecule has 1 saturated carbocycles. The van der Waals surface area contributed by atoms with Crippen LogP contribution in [0.4, 0.5) is 31.1 Å². The number of nitrogens with one attached hydrogen (secondary N) is 1. The van der Waals surface area contributed by atoms with Gasteiger partial charge in [-0.2, -0.15) is 26.3 Å². The number of carbonyl (C=O) groups excluding carboxylic acids is 1. The summed E-state index contributed by atoms with van der Waals surface area (Å²) in [6.45, 7) is 1.06. The number of alkyl halides is 6. The van der Waals surface area contributed by atoms with E-state index in [0.717, 1.165) is 22.7 Å². The van der Waals surface area contributed by atoms with Gasteiger partial charge in [0, 0.05) is 26.7 Å². The zero-order chi connectivity index (χ0) is 21.8. The Balaban J connectivity index is 1.44.